The number of hydrogen-bond donors (Lipinski definition) is 0. The molecule has 0 heterocycles. The van der Waals surface area contributed by atoms with E-state index in [-0.39, 0.29) is 0 Å². The van der Waals surface area contributed by atoms with Crippen molar-refractivity contribution in [3.63, 3.8) is 0 Å². The molecule has 0 spiro atoms. The molecule has 0 aliphatic carbocycles. The first-order chi connectivity index (χ1) is 4.31. The number of nitriles is 1. The van der Waals surface area contributed by atoms with Gasteiger partial charge in [0.05, 0.1) is 12.5 Å². The van der Waals surface area contributed by atoms with Crippen LogP contribution in [0.4, 0.5) is 0 Å². The maximum absolute atomic E-state index is 8.23. The minimum absolute atomic E-state index is 0.528. The summed E-state index contributed by atoms with van der Waals surface area (Å²) in [5.41, 5.74) is 1.07. The summed E-state index contributed by atoms with van der Waals surface area (Å²) in [4.78, 5) is 0. The Morgan fingerprint density at radius 1 is 1.67 bits per heavy atom. The number of rotatable bonds is 4. The van der Waals surface area contributed by atoms with Crippen LogP contribution in [0.1, 0.15) is 32.6 Å². The average molecular weight is 123 g/mol. The third-order valence-electron chi connectivity index (χ3n) is 1.21. The minimum atomic E-state index is 0.528. The second-order valence-electron chi connectivity index (χ2n) is 2.19. The molecule has 0 aliphatic rings. The van der Waals surface area contributed by atoms with Gasteiger partial charge in [0.25, 0.3) is 0 Å². The molecule has 0 fully saturated rings. The Morgan fingerprint density at radius 3 is 2.78 bits per heavy atom. The molecule has 0 aromatic rings. The van der Waals surface area contributed by atoms with Crippen molar-refractivity contribution in [1.82, 2.24) is 0 Å². The minimum Gasteiger partial charge on any atom is -0.198 e. The van der Waals surface area contributed by atoms with E-state index in [1.54, 1.807) is 0 Å². The van der Waals surface area contributed by atoms with E-state index in [1.807, 2.05) is 0 Å². The second kappa shape index (κ2) is 5.37. The highest BCUT2D eigenvalue weighted by Gasteiger charge is 1.90. The van der Waals surface area contributed by atoms with Gasteiger partial charge in [-0.1, -0.05) is 25.5 Å². The van der Waals surface area contributed by atoms with Crippen LogP contribution in [0.25, 0.3) is 0 Å². The third kappa shape index (κ3) is 5.10. The topological polar surface area (TPSA) is 23.8 Å². The highest BCUT2D eigenvalue weighted by molar-refractivity contribution is 5.01. The van der Waals surface area contributed by atoms with Gasteiger partial charge in [-0.15, -0.1) is 0 Å². The average Bonchev–Trinajstić information content (AvgIpc) is 1.85. The molecular formula is C8H13N. The van der Waals surface area contributed by atoms with Gasteiger partial charge in [0, 0.05) is 0 Å². The number of allylic oxidation sites excluding steroid dienone is 1. The van der Waals surface area contributed by atoms with E-state index in [1.165, 1.54) is 12.8 Å². The van der Waals surface area contributed by atoms with Crippen LogP contribution in [0.3, 0.4) is 0 Å². The van der Waals surface area contributed by atoms with Crippen molar-refractivity contribution < 1.29 is 0 Å². The zero-order valence-corrected chi connectivity index (χ0v) is 5.98. The summed E-state index contributed by atoms with van der Waals surface area (Å²) in [6, 6.07) is 2.08. The highest BCUT2D eigenvalue weighted by atomic mass is 14.2. The summed E-state index contributed by atoms with van der Waals surface area (Å²) in [5, 5.41) is 8.23. The molecule has 0 rings (SSSR count). The molecule has 0 aromatic heterocycles. The van der Waals surface area contributed by atoms with Crippen molar-refractivity contribution in [2.24, 2.45) is 0 Å². The molecule has 0 unspecified atom stereocenters. The molecule has 0 bridgehead atoms. The summed E-state index contributed by atoms with van der Waals surface area (Å²) in [6.45, 7) is 5.90. The molecule has 0 amide bonds. The first-order valence-corrected chi connectivity index (χ1v) is 3.34. The van der Waals surface area contributed by atoms with Crippen LogP contribution < -0.4 is 0 Å². The fraction of sp³-hybridized carbons (Fsp3) is 0.625. The summed E-state index contributed by atoms with van der Waals surface area (Å²) in [5.74, 6) is 0. The van der Waals surface area contributed by atoms with Crippen LogP contribution in [-0.4, -0.2) is 0 Å². The van der Waals surface area contributed by atoms with Gasteiger partial charge in [0.15, 0.2) is 0 Å². The first-order valence-electron chi connectivity index (χ1n) is 3.34. The van der Waals surface area contributed by atoms with Crippen LogP contribution in [0.5, 0.6) is 0 Å². The van der Waals surface area contributed by atoms with E-state index in [0.717, 1.165) is 12.0 Å². The Kier molecular flexibility index (Phi) is 4.91. The maximum atomic E-state index is 8.23. The van der Waals surface area contributed by atoms with Crippen LogP contribution in [0.15, 0.2) is 12.2 Å². The van der Waals surface area contributed by atoms with Crippen LogP contribution in [-0.2, 0) is 0 Å². The van der Waals surface area contributed by atoms with Crippen molar-refractivity contribution in [1.29, 1.82) is 5.26 Å². The normalized spacial score (nSPS) is 8.44. The zero-order chi connectivity index (χ0) is 7.11. The summed E-state index contributed by atoms with van der Waals surface area (Å²) < 4.78 is 0. The predicted molar refractivity (Wildman–Crippen MR) is 38.9 cm³/mol. The zero-order valence-electron chi connectivity index (χ0n) is 5.98. The Balaban J connectivity index is 3.19. The lowest BCUT2D eigenvalue weighted by Gasteiger charge is -1.95. The molecule has 0 N–H and O–H groups in total. The summed E-state index contributed by atoms with van der Waals surface area (Å²) in [6.07, 6.45) is 3.90. The van der Waals surface area contributed by atoms with E-state index >= 15 is 0 Å². The quantitative estimate of drug-likeness (QED) is 0.527. The van der Waals surface area contributed by atoms with Gasteiger partial charge in [-0.3, -0.25) is 0 Å². The standard InChI is InChI=1S/C8H13N/c1-3-4-5-8(2)6-7-9/h2-6H2,1H3. The van der Waals surface area contributed by atoms with Crippen molar-refractivity contribution >= 4 is 0 Å². The maximum Gasteiger partial charge on any atom is 0.0666 e. The van der Waals surface area contributed by atoms with Gasteiger partial charge in [0.1, 0.15) is 0 Å². The number of unbranched alkanes of at least 4 members (excludes halogenated alkanes) is 1. The van der Waals surface area contributed by atoms with E-state index in [4.69, 9.17) is 5.26 Å². The lowest BCUT2D eigenvalue weighted by molar-refractivity contribution is 0.779. The monoisotopic (exact) mass is 123 g/mol. The Bertz CT molecular complexity index is 119. The lowest BCUT2D eigenvalue weighted by atomic mass is 10.1. The number of hydrogen-bond acceptors (Lipinski definition) is 1. The Labute approximate surface area is 57.0 Å². The molecular weight excluding hydrogens is 110 g/mol. The van der Waals surface area contributed by atoms with Crippen LogP contribution in [0.2, 0.25) is 0 Å². The molecule has 1 heteroatoms. The van der Waals surface area contributed by atoms with Crippen molar-refractivity contribution in [3.05, 3.63) is 12.2 Å². The van der Waals surface area contributed by atoms with E-state index < -0.39 is 0 Å². The third-order valence-corrected chi connectivity index (χ3v) is 1.21. The molecule has 0 radical (unpaired) electrons. The molecule has 50 valence electrons. The molecule has 0 atom stereocenters. The molecule has 1 nitrogen and oxygen atoms in total. The van der Waals surface area contributed by atoms with Gasteiger partial charge in [-0.05, 0) is 12.8 Å². The molecule has 0 aliphatic heterocycles. The fourth-order valence-corrected chi connectivity index (χ4v) is 0.627. The van der Waals surface area contributed by atoms with Gasteiger partial charge < -0.3 is 0 Å². The SMILES string of the molecule is C=C(CC#N)CCCC. The Morgan fingerprint density at radius 2 is 2.33 bits per heavy atom. The van der Waals surface area contributed by atoms with Crippen LogP contribution in [0, 0.1) is 11.3 Å². The molecule has 0 saturated heterocycles. The van der Waals surface area contributed by atoms with E-state index in [9.17, 15) is 0 Å². The van der Waals surface area contributed by atoms with Crippen LogP contribution >= 0.6 is 0 Å². The van der Waals surface area contributed by atoms with Gasteiger partial charge in [0.2, 0.25) is 0 Å². The van der Waals surface area contributed by atoms with Gasteiger partial charge in [-0.2, -0.15) is 5.26 Å². The summed E-state index contributed by atoms with van der Waals surface area (Å²) >= 11 is 0. The lowest BCUT2D eigenvalue weighted by Crippen LogP contribution is -1.78. The van der Waals surface area contributed by atoms with E-state index in [0.29, 0.717) is 6.42 Å². The highest BCUT2D eigenvalue weighted by Crippen LogP contribution is 2.06. The fourth-order valence-electron chi connectivity index (χ4n) is 0.627. The first kappa shape index (κ1) is 8.23. The number of nitrogens with zero attached hydrogens (tertiary/aromatic N) is 1. The molecule has 9 heavy (non-hydrogen) atoms. The molecule has 0 aromatic carbocycles. The van der Waals surface area contributed by atoms with Crippen molar-refractivity contribution in [3.8, 4) is 6.07 Å². The van der Waals surface area contributed by atoms with E-state index in [2.05, 4.69) is 19.6 Å². The predicted octanol–water partition coefficient (Wildman–Crippen LogP) is 2.65. The smallest absolute Gasteiger partial charge is 0.0666 e. The largest absolute Gasteiger partial charge is 0.198 e. The molecule has 0 saturated carbocycles. The Hall–Kier alpha value is -0.770. The van der Waals surface area contributed by atoms with Crippen molar-refractivity contribution in [2.45, 2.75) is 32.6 Å². The van der Waals surface area contributed by atoms with Crippen molar-refractivity contribution in [2.75, 3.05) is 0 Å². The second-order valence-corrected chi connectivity index (χ2v) is 2.19. The van der Waals surface area contributed by atoms with Gasteiger partial charge >= 0.3 is 0 Å². The van der Waals surface area contributed by atoms with Gasteiger partial charge in [-0.25, -0.2) is 0 Å². The summed E-state index contributed by atoms with van der Waals surface area (Å²) in [7, 11) is 0.